The standard InChI is InChI=1S/C24H33Cl2N3O2/c1-17-8-10-28(11-9-17)24(31)22(18-4-2-3-5-18)27-12-14-29(15-13-27)23(30)20-7-6-19(25)16-21(20)26/h6-7,16-18,22H,2-5,8-15H2,1H3/t22-/m1/s1. The van der Waals surface area contributed by atoms with Gasteiger partial charge in [0, 0.05) is 44.3 Å². The Morgan fingerprint density at radius 2 is 1.55 bits per heavy atom. The molecule has 3 fully saturated rings. The number of piperidine rings is 1. The summed E-state index contributed by atoms with van der Waals surface area (Å²) in [6.45, 7) is 6.74. The molecule has 170 valence electrons. The van der Waals surface area contributed by atoms with Gasteiger partial charge < -0.3 is 9.80 Å². The number of nitrogens with zero attached hydrogens (tertiary/aromatic N) is 3. The van der Waals surface area contributed by atoms with Gasteiger partial charge in [0.15, 0.2) is 0 Å². The second-order valence-electron chi connectivity index (χ2n) is 9.45. The lowest BCUT2D eigenvalue weighted by Gasteiger charge is -2.43. The number of likely N-dealkylation sites (tertiary alicyclic amines) is 1. The smallest absolute Gasteiger partial charge is 0.255 e. The maximum absolute atomic E-state index is 13.6. The summed E-state index contributed by atoms with van der Waals surface area (Å²) in [6, 6.07) is 4.97. The van der Waals surface area contributed by atoms with Crippen LogP contribution in [0.4, 0.5) is 0 Å². The molecule has 2 aliphatic heterocycles. The van der Waals surface area contributed by atoms with E-state index >= 15 is 0 Å². The average molecular weight is 466 g/mol. The fourth-order valence-electron chi connectivity index (χ4n) is 5.38. The van der Waals surface area contributed by atoms with Gasteiger partial charge in [-0.05, 0) is 55.7 Å². The lowest BCUT2D eigenvalue weighted by atomic mass is 9.92. The third kappa shape index (κ3) is 5.20. The highest BCUT2D eigenvalue weighted by Gasteiger charge is 2.40. The number of carbonyl (C=O) groups excluding carboxylic acids is 2. The quantitative estimate of drug-likeness (QED) is 0.653. The van der Waals surface area contributed by atoms with Crippen LogP contribution >= 0.6 is 23.2 Å². The van der Waals surface area contributed by atoms with E-state index in [0.717, 1.165) is 51.9 Å². The fraction of sp³-hybridized carbons (Fsp3) is 0.667. The predicted molar refractivity (Wildman–Crippen MR) is 125 cm³/mol. The van der Waals surface area contributed by atoms with E-state index in [1.807, 2.05) is 4.90 Å². The molecule has 0 radical (unpaired) electrons. The van der Waals surface area contributed by atoms with Gasteiger partial charge >= 0.3 is 0 Å². The fourth-order valence-corrected chi connectivity index (χ4v) is 5.87. The highest BCUT2D eigenvalue weighted by atomic mass is 35.5. The molecule has 0 spiro atoms. The summed E-state index contributed by atoms with van der Waals surface area (Å²) in [7, 11) is 0. The Morgan fingerprint density at radius 3 is 2.16 bits per heavy atom. The van der Waals surface area contributed by atoms with Gasteiger partial charge in [0.25, 0.3) is 5.91 Å². The number of rotatable bonds is 4. The molecule has 0 unspecified atom stereocenters. The van der Waals surface area contributed by atoms with Crippen LogP contribution in [0.15, 0.2) is 18.2 Å². The van der Waals surface area contributed by atoms with Gasteiger partial charge in [0.2, 0.25) is 5.91 Å². The highest BCUT2D eigenvalue weighted by Crippen LogP contribution is 2.33. The number of piperazine rings is 1. The summed E-state index contributed by atoms with van der Waals surface area (Å²) < 4.78 is 0. The van der Waals surface area contributed by atoms with Crippen molar-refractivity contribution in [3.63, 3.8) is 0 Å². The summed E-state index contributed by atoms with van der Waals surface area (Å²) in [4.78, 5) is 32.9. The maximum Gasteiger partial charge on any atom is 0.255 e. The molecule has 1 saturated carbocycles. The summed E-state index contributed by atoms with van der Waals surface area (Å²) >= 11 is 12.2. The van der Waals surface area contributed by atoms with E-state index in [9.17, 15) is 9.59 Å². The molecule has 2 saturated heterocycles. The van der Waals surface area contributed by atoms with Crippen molar-refractivity contribution in [1.82, 2.24) is 14.7 Å². The minimum atomic E-state index is -0.0601. The first-order chi connectivity index (χ1) is 14.9. The van der Waals surface area contributed by atoms with E-state index in [1.165, 1.54) is 12.8 Å². The largest absolute Gasteiger partial charge is 0.341 e. The normalized spacial score (nSPS) is 22.7. The van der Waals surface area contributed by atoms with Crippen LogP contribution in [0, 0.1) is 11.8 Å². The molecule has 0 bridgehead atoms. The average Bonchev–Trinajstić information content (AvgIpc) is 3.29. The van der Waals surface area contributed by atoms with Gasteiger partial charge in [0.1, 0.15) is 0 Å². The number of halogens is 2. The van der Waals surface area contributed by atoms with Crippen LogP contribution in [-0.2, 0) is 4.79 Å². The van der Waals surface area contributed by atoms with Gasteiger partial charge in [-0.2, -0.15) is 0 Å². The predicted octanol–water partition coefficient (Wildman–Crippen LogP) is 4.57. The minimum Gasteiger partial charge on any atom is -0.341 e. The molecule has 2 heterocycles. The highest BCUT2D eigenvalue weighted by molar-refractivity contribution is 6.36. The molecule has 4 rings (SSSR count). The van der Waals surface area contributed by atoms with Gasteiger partial charge in [-0.1, -0.05) is 43.0 Å². The Labute approximate surface area is 195 Å². The Balaban J connectivity index is 1.42. The van der Waals surface area contributed by atoms with Gasteiger partial charge in [-0.25, -0.2) is 0 Å². The molecule has 31 heavy (non-hydrogen) atoms. The van der Waals surface area contributed by atoms with Crippen molar-refractivity contribution >= 4 is 35.0 Å². The van der Waals surface area contributed by atoms with Gasteiger partial charge in [-0.15, -0.1) is 0 Å². The number of benzene rings is 1. The summed E-state index contributed by atoms with van der Waals surface area (Å²) in [5.74, 6) is 1.41. The Bertz CT molecular complexity index is 796. The summed E-state index contributed by atoms with van der Waals surface area (Å²) in [5, 5.41) is 0.912. The second-order valence-corrected chi connectivity index (χ2v) is 10.3. The van der Waals surface area contributed by atoms with Crippen molar-refractivity contribution in [2.24, 2.45) is 11.8 Å². The molecule has 7 heteroatoms. The molecular formula is C24H33Cl2N3O2. The zero-order chi connectivity index (χ0) is 22.0. The second kappa shape index (κ2) is 10.1. The molecule has 3 aliphatic rings. The van der Waals surface area contributed by atoms with Crippen LogP contribution in [-0.4, -0.2) is 71.8 Å². The molecule has 0 N–H and O–H groups in total. The van der Waals surface area contributed by atoms with Crippen molar-refractivity contribution in [3.05, 3.63) is 33.8 Å². The maximum atomic E-state index is 13.6. The Kier molecular flexibility index (Phi) is 7.45. The van der Waals surface area contributed by atoms with Crippen LogP contribution < -0.4 is 0 Å². The number of amides is 2. The van der Waals surface area contributed by atoms with E-state index in [0.29, 0.717) is 46.4 Å². The first-order valence-electron chi connectivity index (χ1n) is 11.7. The van der Waals surface area contributed by atoms with Crippen molar-refractivity contribution in [3.8, 4) is 0 Å². The van der Waals surface area contributed by atoms with E-state index in [-0.39, 0.29) is 11.9 Å². The van der Waals surface area contributed by atoms with E-state index in [2.05, 4.69) is 16.7 Å². The molecule has 1 atom stereocenters. The number of carbonyl (C=O) groups is 2. The molecule has 1 aromatic rings. The first kappa shape index (κ1) is 22.9. The molecule has 2 amide bonds. The summed E-state index contributed by atoms with van der Waals surface area (Å²) in [6.07, 6.45) is 6.93. The number of hydrogen-bond donors (Lipinski definition) is 0. The van der Waals surface area contributed by atoms with E-state index < -0.39 is 0 Å². The van der Waals surface area contributed by atoms with Gasteiger partial charge in [-0.3, -0.25) is 14.5 Å². The zero-order valence-electron chi connectivity index (χ0n) is 18.4. The van der Waals surface area contributed by atoms with Crippen molar-refractivity contribution in [2.75, 3.05) is 39.3 Å². The Hall–Kier alpha value is -1.30. The third-order valence-electron chi connectivity index (χ3n) is 7.35. The minimum absolute atomic E-state index is 0.0349. The van der Waals surface area contributed by atoms with Crippen LogP contribution in [0.5, 0.6) is 0 Å². The lowest BCUT2D eigenvalue weighted by molar-refractivity contribution is -0.141. The van der Waals surface area contributed by atoms with Crippen molar-refractivity contribution in [1.29, 1.82) is 0 Å². The van der Waals surface area contributed by atoms with E-state index in [1.54, 1.807) is 18.2 Å². The monoisotopic (exact) mass is 465 g/mol. The van der Waals surface area contributed by atoms with Crippen LogP contribution in [0.25, 0.3) is 0 Å². The van der Waals surface area contributed by atoms with Crippen LogP contribution in [0.3, 0.4) is 0 Å². The molecule has 0 aromatic heterocycles. The molecule has 1 aromatic carbocycles. The number of hydrogen-bond acceptors (Lipinski definition) is 3. The first-order valence-corrected chi connectivity index (χ1v) is 12.5. The van der Waals surface area contributed by atoms with Crippen molar-refractivity contribution < 1.29 is 9.59 Å². The lowest BCUT2D eigenvalue weighted by Crippen LogP contribution is -2.59. The van der Waals surface area contributed by atoms with Crippen LogP contribution in [0.2, 0.25) is 10.0 Å². The summed E-state index contributed by atoms with van der Waals surface area (Å²) in [5.41, 5.74) is 0.491. The molecular weight excluding hydrogens is 433 g/mol. The third-order valence-corrected chi connectivity index (χ3v) is 7.90. The molecule has 5 nitrogen and oxygen atoms in total. The molecule has 1 aliphatic carbocycles. The van der Waals surface area contributed by atoms with E-state index in [4.69, 9.17) is 23.2 Å². The SMILES string of the molecule is CC1CCN(C(=O)[C@@H](C2CCCC2)N2CCN(C(=O)c3ccc(Cl)cc3Cl)CC2)CC1. The van der Waals surface area contributed by atoms with Crippen molar-refractivity contribution in [2.45, 2.75) is 51.5 Å². The van der Waals surface area contributed by atoms with Crippen LogP contribution in [0.1, 0.15) is 55.8 Å². The Morgan fingerprint density at radius 1 is 0.903 bits per heavy atom. The zero-order valence-corrected chi connectivity index (χ0v) is 19.9. The topological polar surface area (TPSA) is 43.9 Å². The van der Waals surface area contributed by atoms with Gasteiger partial charge in [0.05, 0.1) is 16.6 Å².